The van der Waals surface area contributed by atoms with Gasteiger partial charge in [-0.05, 0) is 42.7 Å². The van der Waals surface area contributed by atoms with Crippen molar-refractivity contribution in [3.8, 4) is 0 Å². The molecule has 224 valence electrons. The van der Waals surface area contributed by atoms with Gasteiger partial charge in [-0.15, -0.1) is 0 Å². The highest BCUT2D eigenvalue weighted by Crippen LogP contribution is 2.50. The lowest BCUT2D eigenvalue weighted by atomic mass is 9.90. The SMILES string of the molecule is CC(F)(F)C(/C=C(\F)c1ccc(C(=O)CC2(C(=O)NCC(F)(F)F)CC2)c(C(F)(F)F)c1)c1cc(Cl)c(Cl)c(Cl)c1. The Morgan fingerprint density at radius 3 is 2.00 bits per heavy atom. The summed E-state index contributed by atoms with van der Waals surface area (Å²) in [7, 11) is 0. The van der Waals surface area contributed by atoms with Crippen molar-refractivity contribution in [2.45, 2.75) is 50.4 Å². The molecule has 1 amide bonds. The predicted octanol–water partition coefficient (Wildman–Crippen LogP) is 9.45. The van der Waals surface area contributed by atoms with Crippen LogP contribution in [0.15, 0.2) is 36.4 Å². The van der Waals surface area contributed by atoms with Crippen LogP contribution in [-0.2, 0) is 11.0 Å². The number of rotatable bonds is 9. The first-order chi connectivity index (χ1) is 18.6. The quantitative estimate of drug-likeness (QED) is 0.166. The summed E-state index contributed by atoms with van der Waals surface area (Å²) >= 11 is 17.6. The number of amides is 1. The Morgan fingerprint density at radius 1 is 0.976 bits per heavy atom. The Labute approximate surface area is 242 Å². The van der Waals surface area contributed by atoms with Crippen molar-refractivity contribution in [2.24, 2.45) is 5.41 Å². The van der Waals surface area contributed by atoms with Crippen LogP contribution < -0.4 is 5.32 Å². The summed E-state index contributed by atoms with van der Waals surface area (Å²) in [4.78, 5) is 25.0. The van der Waals surface area contributed by atoms with Gasteiger partial charge >= 0.3 is 12.4 Å². The van der Waals surface area contributed by atoms with Crippen molar-refractivity contribution in [3.05, 3.63) is 73.7 Å². The van der Waals surface area contributed by atoms with Gasteiger partial charge in [0, 0.05) is 24.5 Å². The molecular formula is C26H19Cl3F9NO2. The number of nitrogens with one attached hydrogen (secondary N) is 1. The van der Waals surface area contributed by atoms with Gasteiger partial charge in [0.2, 0.25) is 5.91 Å². The number of halogens is 12. The number of carbonyl (C=O) groups excluding carboxylic acids is 2. The molecule has 2 aromatic rings. The maximum Gasteiger partial charge on any atom is 0.417 e. The van der Waals surface area contributed by atoms with Crippen LogP contribution in [0.3, 0.4) is 0 Å². The third-order valence-corrected chi connectivity index (χ3v) is 7.61. The van der Waals surface area contributed by atoms with Crippen LogP contribution in [0.1, 0.15) is 59.2 Å². The van der Waals surface area contributed by atoms with E-state index >= 15 is 4.39 Å². The normalized spacial score (nSPS) is 16.4. The van der Waals surface area contributed by atoms with Crippen LogP contribution in [0.5, 0.6) is 0 Å². The van der Waals surface area contributed by atoms with E-state index in [4.69, 9.17) is 34.8 Å². The van der Waals surface area contributed by atoms with E-state index in [1.54, 1.807) is 5.32 Å². The highest BCUT2D eigenvalue weighted by atomic mass is 35.5. The van der Waals surface area contributed by atoms with Crippen molar-refractivity contribution in [2.75, 3.05) is 6.54 Å². The molecule has 1 aliphatic carbocycles. The Bertz CT molecular complexity index is 1350. The number of hydrogen-bond acceptors (Lipinski definition) is 2. The fraction of sp³-hybridized carbons (Fsp3) is 0.385. The zero-order valence-corrected chi connectivity index (χ0v) is 23.0. The van der Waals surface area contributed by atoms with E-state index < -0.39 is 76.8 Å². The summed E-state index contributed by atoms with van der Waals surface area (Å²) in [5.74, 6) is -9.53. The Balaban J connectivity index is 1.96. The highest BCUT2D eigenvalue weighted by molar-refractivity contribution is 6.48. The fourth-order valence-electron chi connectivity index (χ4n) is 4.11. The monoisotopic (exact) mass is 653 g/mol. The number of benzene rings is 2. The van der Waals surface area contributed by atoms with Gasteiger partial charge in [0.1, 0.15) is 12.4 Å². The van der Waals surface area contributed by atoms with Gasteiger partial charge in [-0.1, -0.05) is 46.9 Å². The number of hydrogen-bond donors (Lipinski definition) is 1. The van der Waals surface area contributed by atoms with Gasteiger partial charge in [0.25, 0.3) is 5.92 Å². The first kappa shape index (κ1) is 33.1. The number of alkyl halides is 8. The van der Waals surface area contributed by atoms with E-state index in [1.807, 2.05) is 0 Å². The summed E-state index contributed by atoms with van der Waals surface area (Å²) < 4.78 is 123. The summed E-state index contributed by atoms with van der Waals surface area (Å²) in [6, 6.07) is 3.62. The van der Waals surface area contributed by atoms with E-state index in [0.717, 1.165) is 18.2 Å². The molecule has 1 atom stereocenters. The molecule has 0 aliphatic heterocycles. The van der Waals surface area contributed by atoms with Crippen LogP contribution in [0, 0.1) is 5.41 Å². The van der Waals surface area contributed by atoms with Gasteiger partial charge in [-0.25, -0.2) is 13.2 Å². The minimum atomic E-state index is -5.22. The Morgan fingerprint density at radius 2 is 1.54 bits per heavy atom. The molecule has 0 aromatic heterocycles. The third kappa shape index (κ3) is 8.10. The average Bonchev–Trinajstić information content (AvgIpc) is 3.62. The molecule has 1 fully saturated rings. The lowest BCUT2D eigenvalue weighted by molar-refractivity contribution is -0.141. The minimum absolute atomic E-state index is 0.0232. The maximum atomic E-state index is 15.2. The molecule has 1 unspecified atom stereocenters. The van der Waals surface area contributed by atoms with Gasteiger partial charge in [0.05, 0.1) is 32.0 Å². The Hall–Kier alpha value is -2.44. The van der Waals surface area contributed by atoms with Gasteiger partial charge < -0.3 is 5.32 Å². The number of allylic oxidation sites excluding steroid dienone is 1. The van der Waals surface area contributed by atoms with Gasteiger partial charge in [-0.3, -0.25) is 9.59 Å². The molecule has 1 N–H and O–H groups in total. The van der Waals surface area contributed by atoms with Crippen molar-refractivity contribution >= 4 is 52.3 Å². The third-order valence-electron chi connectivity index (χ3n) is 6.41. The topological polar surface area (TPSA) is 46.2 Å². The first-order valence-corrected chi connectivity index (χ1v) is 12.8. The molecule has 3 rings (SSSR count). The molecular weight excluding hydrogens is 636 g/mol. The maximum absolute atomic E-state index is 15.2. The molecule has 41 heavy (non-hydrogen) atoms. The summed E-state index contributed by atoms with van der Waals surface area (Å²) in [5.41, 5.74) is -5.26. The van der Waals surface area contributed by atoms with E-state index in [2.05, 4.69) is 0 Å². The van der Waals surface area contributed by atoms with Crippen molar-refractivity contribution in [1.82, 2.24) is 5.32 Å². The Kier molecular flexibility index (Phi) is 9.42. The number of ketones is 1. The second kappa shape index (κ2) is 11.7. The summed E-state index contributed by atoms with van der Waals surface area (Å²) in [6.07, 6.45) is -10.5. The smallest absolute Gasteiger partial charge is 0.346 e. The second-order valence-corrected chi connectivity index (χ2v) is 10.9. The van der Waals surface area contributed by atoms with Crippen LogP contribution >= 0.6 is 34.8 Å². The van der Waals surface area contributed by atoms with Crippen molar-refractivity contribution in [1.29, 1.82) is 0 Å². The fourth-order valence-corrected chi connectivity index (χ4v) is 4.72. The standard InChI is InChI=1S/C26H19Cl3F9NO2/c1-23(31,32)15(13-7-17(27)21(29)18(28)8-13)9-19(30)12-2-3-14(16(6-12)26(36,37)38)20(40)10-24(4-5-24)22(41)39-11-25(33,34)35/h2-3,6-9,15H,4-5,10-11H2,1H3,(H,39,41)/b19-9-. The molecule has 0 radical (unpaired) electrons. The first-order valence-electron chi connectivity index (χ1n) is 11.6. The van der Waals surface area contributed by atoms with Gasteiger partial charge in [0.15, 0.2) is 5.78 Å². The molecule has 15 heteroatoms. The largest absolute Gasteiger partial charge is 0.417 e. The molecule has 0 spiro atoms. The van der Waals surface area contributed by atoms with E-state index in [0.29, 0.717) is 19.1 Å². The molecule has 1 aliphatic rings. The summed E-state index contributed by atoms with van der Waals surface area (Å²) in [6.45, 7) is -1.23. The van der Waals surface area contributed by atoms with E-state index in [-0.39, 0.29) is 39.5 Å². The average molecular weight is 655 g/mol. The molecule has 0 heterocycles. The zero-order valence-electron chi connectivity index (χ0n) is 20.7. The summed E-state index contributed by atoms with van der Waals surface area (Å²) in [5, 5.41) is 1.03. The van der Waals surface area contributed by atoms with Crippen molar-refractivity contribution < 1.29 is 49.1 Å². The number of carbonyl (C=O) groups is 2. The van der Waals surface area contributed by atoms with Crippen molar-refractivity contribution in [3.63, 3.8) is 0 Å². The highest BCUT2D eigenvalue weighted by Gasteiger charge is 2.52. The molecule has 0 saturated heterocycles. The second-order valence-electron chi connectivity index (χ2n) is 9.68. The predicted molar refractivity (Wildman–Crippen MR) is 135 cm³/mol. The van der Waals surface area contributed by atoms with Gasteiger partial charge in [-0.2, -0.15) is 26.3 Å². The van der Waals surface area contributed by atoms with E-state index in [9.17, 15) is 44.7 Å². The lowest BCUT2D eigenvalue weighted by Gasteiger charge is -2.22. The van der Waals surface area contributed by atoms with Crippen LogP contribution in [0.2, 0.25) is 15.1 Å². The van der Waals surface area contributed by atoms with Crippen LogP contribution in [0.4, 0.5) is 39.5 Å². The van der Waals surface area contributed by atoms with Crippen LogP contribution in [-0.4, -0.2) is 30.3 Å². The molecule has 2 aromatic carbocycles. The lowest BCUT2D eigenvalue weighted by Crippen LogP contribution is -2.39. The zero-order chi connectivity index (χ0) is 31.1. The molecule has 0 bridgehead atoms. The molecule has 3 nitrogen and oxygen atoms in total. The van der Waals surface area contributed by atoms with E-state index in [1.165, 1.54) is 0 Å². The minimum Gasteiger partial charge on any atom is -0.346 e. The molecule has 1 saturated carbocycles. The number of Topliss-reactive ketones (excluding diaryl/α,β-unsaturated/α-hetero) is 1. The van der Waals surface area contributed by atoms with Crippen LogP contribution in [0.25, 0.3) is 5.83 Å².